The highest BCUT2D eigenvalue weighted by atomic mass is 16.5. The SMILES string of the molecule is [B]CC[C@H](NC)C(=O)OC. The molecule has 10 heavy (non-hydrogen) atoms. The molecular formula is C6H12BNO2. The van der Waals surface area contributed by atoms with E-state index in [4.69, 9.17) is 7.85 Å². The molecule has 0 aromatic heterocycles. The minimum absolute atomic E-state index is 0.255. The number of carbonyl (C=O) groups excluding carboxylic acids is 1. The summed E-state index contributed by atoms with van der Waals surface area (Å²) >= 11 is 0. The molecule has 1 N–H and O–H groups in total. The van der Waals surface area contributed by atoms with Crippen LogP contribution in [0.5, 0.6) is 0 Å². The number of ether oxygens (including phenoxy) is 1. The molecule has 2 radical (unpaired) electrons. The molecule has 0 bridgehead atoms. The molecule has 0 heterocycles. The minimum Gasteiger partial charge on any atom is -0.468 e. The second-order valence-corrected chi connectivity index (χ2v) is 1.94. The van der Waals surface area contributed by atoms with Gasteiger partial charge >= 0.3 is 5.97 Å². The molecule has 4 heteroatoms. The smallest absolute Gasteiger partial charge is 0.322 e. The van der Waals surface area contributed by atoms with E-state index in [1.165, 1.54) is 7.11 Å². The molecule has 0 saturated carbocycles. The molecule has 56 valence electrons. The Morgan fingerprint density at radius 3 is 2.70 bits per heavy atom. The zero-order chi connectivity index (χ0) is 7.98. The lowest BCUT2D eigenvalue weighted by atomic mass is 9.98. The second kappa shape index (κ2) is 5.29. The molecule has 0 aromatic carbocycles. The molecule has 0 aliphatic rings. The van der Waals surface area contributed by atoms with Crippen molar-refractivity contribution < 1.29 is 9.53 Å². The Hall–Kier alpha value is -0.505. The van der Waals surface area contributed by atoms with Crippen LogP contribution in [0.15, 0.2) is 0 Å². The van der Waals surface area contributed by atoms with Gasteiger partial charge in [0.15, 0.2) is 0 Å². The Balaban J connectivity index is 3.68. The first kappa shape index (κ1) is 9.49. The Labute approximate surface area is 62.5 Å². The molecule has 0 aliphatic heterocycles. The summed E-state index contributed by atoms with van der Waals surface area (Å²) in [7, 11) is 8.32. The van der Waals surface area contributed by atoms with E-state index in [9.17, 15) is 4.79 Å². The van der Waals surface area contributed by atoms with Gasteiger partial charge in [-0.05, 0) is 13.5 Å². The molecule has 0 rings (SSSR count). The van der Waals surface area contributed by atoms with Crippen molar-refractivity contribution >= 4 is 13.8 Å². The molecule has 0 fully saturated rings. The summed E-state index contributed by atoms with van der Waals surface area (Å²) in [6.07, 6.45) is 1.10. The van der Waals surface area contributed by atoms with Gasteiger partial charge in [0.25, 0.3) is 0 Å². The summed E-state index contributed by atoms with van der Waals surface area (Å²) in [5, 5.41) is 2.80. The van der Waals surface area contributed by atoms with E-state index < -0.39 is 0 Å². The van der Waals surface area contributed by atoms with E-state index in [1.54, 1.807) is 7.05 Å². The predicted molar refractivity (Wildman–Crippen MR) is 40.0 cm³/mol. The van der Waals surface area contributed by atoms with E-state index in [2.05, 4.69) is 10.1 Å². The average molecular weight is 141 g/mol. The van der Waals surface area contributed by atoms with Gasteiger partial charge in [-0.1, -0.05) is 6.32 Å². The first-order chi connectivity index (χ1) is 4.76. The lowest BCUT2D eigenvalue weighted by molar-refractivity contribution is -0.143. The number of hydrogen-bond donors (Lipinski definition) is 1. The summed E-state index contributed by atoms with van der Waals surface area (Å²) in [5.41, 5.74) is 0. The minimum atomic E-state index is -0.257. The quantitative estimate of drug-likeness (QED) is 0.432. The van der Waals surface area contributed by atoms with E-state index in [0.29, 0.717) is 12.7 Å². The van der Waals surface area contributed by atoms with E-state index in [1.807, 2.05) is 0 Å². The largest absolute Gasteiger partial charge is 0.468 e. The van der Waals surface area contributed by atoms with Crippen molar-refractivity contribution in [3.8, 4) is 0 Å². The number of carbonyl (C=O) groups is 1. The average Bonchev–Trinajstić information content (AvgIpc) is 1.99. The molecule has 0 unspecified atom stereocenters. The Bertz CT molecular complexity index is 108. The molecular weight excluding hydrogens is 129 g/mol. The summed E-state index contributed by atoms with van der Waals surface area (Å²) in [6, 6.07) is -0.255. The van der Waals surface area contributed by atoms with Crippen LogP contribution in [0.25, 0.3) is 0 Å². The van der Waals surface area contributed by atoms with Crippen molar-refractivity contribution in [2.75, 3.05) is 14.2 Å². The van der Waals surface area contributed by atoms with Crippen molar-refractivity contribution in [1.29, 1.82) is 0 Å². The summed E-state index contributed by atoms with van der Waals surface area (Å²) in [4.78, 5) is 10.8. The van der Waals surface area contributed by atoms with Gasteiger partial charge in [-0.25, -0.2) is 0 Å². The summed E-state index contributed by atoms with van der Waals surface area (Å²) in [5.74, 6) is -0.257. The van der Waals surface area contributed by atoms with Gasteiger partial charge in [-0.15, -0.1) is 0 Å². The number of hydrogen-bond acceptors (Lipinski definition) is 3. The molecule has 1 atom stereocenters. The maximum atomic E-state index is 10.8. The maximum Gasteiger partial charge on any atom is 0.322 e. The fourth-order valence-electron chi connectivity index (χ4n) is 0.689. The van der Waals surface area contributed by atoms with Crippen LogP contribution in [0.2, 0.25) is 6.32 Å². The van der Waals surface area contributed by atoms with Crippen molar-refractivity contribution in [3.05, 3.63) is 0 Å². The maximum absolute atomic E-state index is 10.8. The summed E-state index contributed by atoms with van der Waals surface area (Å²) < 4.78 is 4.50. The van der Waals surface area contributed by atoms with Crippen LogP contribution in [0.4, 0.5) is 0 Å². The third kappa shape index (κ3) is 2.87. The van der Waals surface area contributed by atoms with Crippen LogP contribution in [-0.4, -0.2) is 34.0 Å². The highest BCUT2D eigenvalue weighted by molar-refractivity contribution is 6.08. The molecule has 0 amide bonds. The third-order valence-corrected chi connectivity index (χ3v) is 1.29. The number of likely N-dealkylation sites (N-methyl/N-ethyl adjacent to an activating group) is 1. The van der Waals surface area contributed by atoms with Crippen molar-refractivity contribution in [2.45, 2.75) is 18.8 Å². The Morgan fingerprint density at radius 1 is 1.80 bits per heavy atom. The topological polar surface area (TPSA) is 38.3 Å². The van der Waals surface area contributed by atoms with E-state index >= 15 is 0 Å². The van der Waals surface area contributed by atoms with Crippen molar-refractivity contribution in [1.82, 2.24) is 5.32 Å². The molecule has 0 aromatic rings. The zero-order valence-corrected chi connectivity index (χ0v) is 6.39. The van der Waals surface area contributed by atoms with E-state index in [-0.39, 0.29) is 12.0 Å². The highest BCUT2D eigenvalue weighted by Gasteiger charge is 2.14. The molecule has 0 spiro atoms. The number of rotatable bonds is 4. The number of esters is 1. The Kier molecular flexibility index (Phi) is 5.03. The van der Waals surface area contributed by atoms with Gasteiger partial charge in [0.2, 0.25) is 0 Å². The standard InChI is InChI=1S/C6H12BNO2/c1-8-5(3-4-7)6(9)10-2/h5,8H,3-4H2,1-2H3/t5-/m0/s1. The van der Waals surface area contributed by atoms with Crippen molar-refractivity contribution in [2.24, 2.45) is 0 Å². The van der Waals surface area contributed by atoms with Gasteiger partial charge in [0.05, 0.1) is 15.0 Å². The van der Waals surface area contributed by atoms with Crippen LogP contribution < -0.4 is 5.32 Å². The summed E-state index contributed by atoms with van der Waals surface area (Å²) in [6.45, 7) is 0. The zero-order valence-electron chi connectivity index (χ0n) is 6.39. The number of nitrogens with one attached hydrogen (secondary N) is 1. The number of methoxy groups -OCH3 is 1. The highest BCUT2D eigenvalue weighted by Crippen LogP contribution is 1.96. The molecule has 3 nitrogen and oxygen atoms in total. The van der Waals surface area contributed by atoms with Gasteiger partial charge in [-0.2, -0.15) is 0 Å². The lowest BCUT2D eigenvalue weighted by Gasteiger charge is -2.11. The normalized spacial score (nSPS) is 12.6. The predicted octanol–water partition coefficient (Wildman–Crippen LogP) is -0.276. The third-order valence-electron chi connectivity index (χ3n) is 1.29. The van der Waals surface area contributed by atoms with Gasteiger partial charge in [0, 0.05) is 0 Å². The second-order valence-electron chi connectivity index (χ2n) is 1.94. The fourth-order valence-corrected chi connectivity index (χ4v) is 0.689. The van der Waals surface area contributed by atoms with Gasteiger partial charge in [0.1, 0.15) is 6.04 Å². The van der Waals surface area contributed by atoms with E-state index in [0.717, 1.165) is 0 Å². The first-order valence-corrected chi connectivity index (χ1v) is 3.21. The van der Waals surface area contributed by atoms with Crippen LogP contribution in [0, 0.1) is 0 Å². The first-order valence-electron chi connectivity index (χ1n) is 3.21. The van der Waals surface area contributed by atoms with Crippen LogP contribution in [0.1, 0.15) is 6.42 Å². The van der Waals surface area contributed by atoms with Crippen LogP contribution in [-0.2, 0) is 9.53 Å². The van der Waals surface area contributed by atoms with Gasteiger partial charge in [-0.3, -0.25) is 4.79 Å². The lowest BCUT2D eigenvalue weighted by Crippen LogP contribution is -2.34. The van der Waals surface area contributed by atoms with Crippen molar-refractivity contribution in [3.63, 3.8) is 0 Å². The van der Waals surface area contributed by atoms with Gasteiger partial charge < -0.3 is 10.1 Å². The Morgan fingerprint density at radius 2 is 2.40 bits per heavy atom. The molecule has 0 aliphatic carbocycles. The van der Waals surface area contributed by atoms with Crippen LogP contribution >= 0.6 is 0 Å². The molecule has 0 saturated heterocycles. The fraction of sp³-hybridized carbons (Fsp3) is 0.833. The monoisotopic (exact) mass is 141 g/mol. The van der Waals surface area contributed by atoms with Crippen LogP contribution in [0.3, 0.4) is 0 Å².